The lowest BCUT2D eigenvalue weighted by Gasteiger charge is -2.21. The molecule has 0 aliphatic heterocycles. The summed E-state index contributed by atoms with van der Waals surface area (Å²) in [5, 5.41) is 3.13. The summed E-state index contributed by atoms with van der Waals surface area (Å²) in [7, 11) is 1.48. The molecule has 25 heavy (non-hydrogen) atoms. The summed E-state index contributed by atoms with van der Waals surface area (Å²) in [5.74, 6) is -0.551. The summed E-state index contributed by atoms with van der Waals surface area (Å²) < 4.78 is 18.1. The van der Waals surface area contributed by atoms with E-state index in [2.05, 4.69) is 5.32 Å². The van der Waals surface area contributed by atoms with E-state index in [4.69, 9.17) is 16.3 Å². The molecule has 0 radical (unpaired) electrons. The molecule has 0 bridgehead atoms. The highest BCUT2D eigenvalue weighted by Gasteiger charge is 2.16. The largest absolute Gasteiger partial charge is 0.495 e. The molecule has 2 rings (SSSR count). The monoisotopic (exact) mass is 364 g/mol. The first-order valence-corrected chi connectivity index (χ1v) is 7.90. The molecule has 0 unspecified atom stereocenters. The fourth-order valence-corrected chi connectivity index (χ4v) is 2.40. The zero-order valence-electron chi connectivity index (χ0n) is 13.9. The van der Waals surface area contributed by atoms with Crippen LogP contribution in [-0.4, -0.2) is 30.4 Å². The number of hydrogen-bond acceptors (Lipinski definition) is 3. The second-order valence-corrected chi connectivity index (χ2v) is 5.83. The predicted molar refractivity (Wildman–Crippen MR) is 94.1 cm³/mol. The maximum atomic E-state index is 13.0. The number of benzene rings is 2. The second kappa shape index (κ2) is 8.48. The summed E-state index contributed by atoms with van der Waals surface area (Å²) in [4.78, 5) is 25.5. The number of nitrogens with one attached hydrogen (secondary N) is 1. The third kappa shape index (κ3) is 5.46. The lowest BCUT2D eigenvalue weighted by Crippen LogP contribution is -2.36. The molecule has 132 valence electrons. The second-order valence-electron chi connectivity index (χ2n) is 5.39. The molecule has 5 nitrogen and oxygen atoms in total. The first-order valence-electron chi connectivity index (χ1n) is 7.52. The van der Waals surface area contributed by atoms with Crippen LogP contribution >= 0.6 is 11.6 Å². The number of hydrogen-bond donors (Lipinski definition) is 1. The van der Waals surface area contributed by atoms with Gasteiger partial charge in [0.25, 0.3) is 0 Å². The van der Waals surface area contributed by atoms with Crippen LogP contribution in [-0.2, 0) is 16.1 Å². The van der Waals surface area contributed by atoms with Gasteiger partial charge in [-0.25, -0.2) is 4.39 Å². The van der Waals surface area contributed by atoms with Crippen molar-refractivity contribution in [2.24, 2.45) is 0 Å². The molecule has 7 heteroatoms. The van der Waals surface area contributed by atoms with Crippen LogP contribution in [0.1, 0.15) is 12.5 Å². The van der Waals surface area contributed by atoms with E-state index in [1.165, 1.54) is 31.1 Å². The van der Waals surface area contributed by atoms with Gasteiger partial charge in [-0.2, -0.15) is 0 Å². The lowest BCUT2D eigenvalue weighted by molar-refractivity contribution is -0.133. The molecule has 2 amide bonds. The Morgan fingerprint density at radius 3 is 2.48 bits per heavy atom. The van der Waals surface area contributed by atoms with Gasteiger partial charge in [0.05, 0.1) is 12.8 Å². The number of rotatable bonds is 6. The number of carbonyl (C=O) groups excluding carboxylic acids is 2. The minimum absolute atomic E-state index is 0.150. The maximum absolute atomic E-state index is 13.0. The van der Waals surface area contributed by atoms with Gasteiger partial charge in [0.2, 0.25) is 11.8 Å². The van der Waals surface area contributed by atoms with Gasteiger partial charge in [0.1, 0.15) is 18.1 Å². The number of halogens is 2. The van der Waals surface area contributed by atoms with Gasteiger partial charge in [-0.05, 0) is 35.9 Å². The van der Waals surface area contributed by atoms with Crippen molar-refractivity contribution in [3.63, 3.8) is 0 Å². The lowest BCUT2D eigenvalue weighted by atomic mass is 10.2. The van der Waals surface area contributed by atoms with E-state index in [1.807, 2.05) is 0 Å². The molecule has 1 N–H and O–H groups in total. The summed E-state index contributed by atoms with van der Waals surface area (Å²) in [6.45, 7) is 1.43. The average Bonchev–Trinajstić information content (AvgIpc) is 2.56. The molecular weight excluding hydrogens is 347 g/mol. The summed E-state index contributed by atoms with van der Waals surface area (Å²) in [6, 6.07) is 10.6. The predicted octanol–water partition coefficient (Wildman–Crippen LogP) is 3.47. The van der Waals surface area contributed by atoms with Crippen LogP contribution in [0.4, 0.5) is 10.1 Å². The quantitative estimate of drug-likeness (QED) is 0.853. The minimum atomic E-state index is -0.391. The maximum Gasteiger partial charge on any atom is 0.244 e. The fourth-order valence-electron chi connectivity index (χ4n) is 2.23. The molecule has 0 fully saturated rings. The molecule has 2 aromatic rings. The van der Waals surface area contributed by atoms with Crippen molar-refractivity contribution >= 4 is 29.1 Å². The standard InChI is InChI=1S/C18H18ClFN2O3/c1-12(23)22(10-13-3-6-15(20)7-4-13)11-18(24)21-16-9-14(19)5-8-17(16)25-2/h3-9H,10-11H2,1-2H3,(H,21,24). The molecule has 0 saturated heterocycles. The van der Waals surface area contributed by atoms with Crippen molar-refractivity contribution in [3.8, 4) is 5.75 Å². The third-order valence-corrected chi connectivity index (χ3v) is 3.74. The average molecular weight is 365 g/mol. The van der Waals surface area contributed by atoms with E-state index in [9.17, 15) is 14.0 Å². The molecule has 0 heterocycles. The van der Waals surface area contributed by atoms with Crippen LogP contribution in [0.3, 0.4) is 0 Å². The normalized spacial score (nSPS) is 10.2. The molecule has 0 aliphatic carbocycles. The first kappa shape index (κ1) is 18.7. The summed E-state index contributed by atoms with van der Waals surface area (Å²) in [5.41, 5.74) is 1.15. The summed E-state index contributed by atoms with van der Waals surface area (Å²) in [6.07, 6.45) is 0. The molecule has 2 aromatic carbocycles. The minimum Gasteiger partial charge on any atom is -0.495 e. The third-order valence-electron chi connectivity index (χ3n) is 3.50. The summed E-state index contributed by atoms with van der Waals surface area (Å²) >= 11 is 5.93. The van der Waals surface area contributed by atoms with Crippen LogP contribution in [0, 0.1) is 5.82 Å². The molecule has 0 aromatic heterocycles. The molecule has 0 spiro atoms. The van der Waals surface area contributed by atoms with Crippen molar-refractivity contribution in [2.45, 2.75) is 13.5 Å². The highest BCUT2D eigenvalue weighted by Crippen LogP contribution is 2.27. The molecular formula is C18H18ClFN2O3. The first-order chi connectivity index (χ1) is 11.9. The number of ether oxygens (including phenoxy) is 1. The number of nitrogens with zero attached hydrogens (tertiary/aromatic N) is 1. The van der Waals surface area contributed by atoms with Gasteiger partial charge in [-0.15, -0.1) is 0 Å². The van der Waals surface area contributed by atoms with E-state index in [1.54, 1.807) is 30.3 Å². The van der Waals surface area contributed by atoms with Gasteiger partial charge in [-0.1, -0.05) is 23.7 Å². The number of amides is 2. The van der Waals surface area contributed by atoms with Crippen molar-refractivity contribution in [1.82, 2.24) is 4.90 Å². The van der Waals surface area contributed by atoms with E-state index in [0.717, 1.165) is 5.56 Å². The van der Waals surface area contributed by atoms with Gasteiger partial charge in [0, 0.05) is 18.5 Å². The molecule has 0 saturated carbocycles. The Hall–Kier alpha value is -2.60. The highest BCUT2D eigenvalue weighted by atomic mass is 35.5. The van der Waals surface area contributed by atoms with Crippen molar-refractivity contribution in [1.29, 1.82) is 0 Å². The van der Waals surface area contributed by atoms with E-state index >= 15 is 0 Å². The van der Waals surface area contributed by atoms with Crippen LogP contribution < -0.4 is 10.1 Å². The van der Waals surface area contributed by atoms with Crippen molar-refractivity contribution in [3.05, 3.63) is 58.9 Å². The van der Waals surface area contributed by atoms with Crippen LogP contribution in [0.2, 0.25) is 5.02 Å². The Balaban J connectivity index is 2.06. The highest BCUT2D eigenvalue weighted by molar-refractivity contribution is 6.31. The van der Waals surface area contributed by atoms with Crippen LogP contribution in [0.5, 0.6) is 5.75 Å². The Kier molecular flexibility index (Phi) is 6.36. The number of carbonyl (C=O) groups is 2. The smallest absolute Gasteiger partial charge is 0.244 e. The topological polar surface area (TPSA) is 58.6 Å². The van der Waals surface area contributed by atoms with Gasteiger partial charge in [0.15, 0.2) is 0 Å². The van der Waals surface area contributed by atoms with Gasteiger partial charge >= 0.3 is 0 Å². The van der Waals surface area contributed by atoms with E-state index in [0.29, 0.717) is 16.5 Å². The van der Waals surface area contributed by atoms with Crippen molar-refractivity contribution < 1.29 is 18.7 Å². The van der Waals surface area contributed by atoms with Crippen molar-refractivity contribution in [2.75, 3.05) is 19.0 Å². The number of anilines is 1. The van der Waals surface area contributed by atoms with Crippen LogP contribution in [0.15, 0.2) is 42.5 Å². The Morgan fingerprint density at radius 1 is 1.20 bits per heavy atom. The molecule has 0 atom stereocenters. The Bertz CT molecular complexity index is 765. The Morgan fingerprint density at radius 2 is 1.88 bits per heavy atom. The van der Waals surface area contributed by atoms with E-state index in [-0.39, 0.29) is 24.8 Å². The van der Waals surface area contributed by atoms with Crippen LogP contribution in [0.25, 0.3) is 0 Å². The number of methoxy groups -OCH3 is 1. The Labute approximate surface area is 150 Å². The SMILES string of the molecule is COc1ccc(Cl)cc1NC(=O)CN(Cc1ccc(F)cc1)C(C)=O. The van der Waals surface area contributed by atoms with Gasteiger partial charge in [-0.3, -0.25) is 9.59 Å². The molecule has 0 aliphatic rings. The fraction of sp³-hybridized carbons (Fsp3) is 0.222. The van der Waals surface area contributed by atoms with E-state index < -0.39 is 5.91 Å². The van der Waals surface area contributed by atoms with Gasteiger partial charge < -0.3 is 15.0 Å². The zero-order chi connectivity index (χ0) is 18.4. The zero-order valence-corrected chi connectivity index (χ0v) is 14.6.